The fourth-order valence-corrected chi connectivity index (χ4v) is 3.60. The lowest BCUT2D eigenvalue weighted by molar-refractivity contribution is -0.120. The molecule has 0 aliphatic carbocycles. The standard InChI is InChI=1S/C23H24FN3O3/c24-19-8-4-7-18(13-19)21(27-9-11-29-12-10-27)15-25-22(28)14-20-16-30-23(26-20)17-5-2-1-3-6-17/h1-8,13,16,21H,9-12,14-15H2,(H,25,28). The van der Waals surface area contributed by atoms with Gasteiger partial charge in [-0.2, -0.15) is 0 Å². The van der Waals surface area contributed by atoms with Gasteiger partial charge in [0.15, 0.2) is 0 Å². The second-order valence-corrected chi connectivity index (χ2v) is 7.21. The molecule has 1 atom stereocenters. The van der Waals surface area contributed by atoms with Crippen LogP contribution in [0.2, 0.25) is 0 Å². The van der Waals surface area contributed by atoms with Gasteiger partial charge in [-0.05, 0) is 29.8 Å². The first-order valence-corrected chi connectivity index (χ1v) is 10.0. The van der Waals surface area contributed by atoms with Crippen molar-refractivity contribution in [2.75, 3.05) is 32.8 Å². The molecular formula is C23H24FN3O3. The van der Waals surface area contributed by atoms with Crippen molar-refractivity contribution < 1.29 is 18.3 Å². The number of benzene rings is 2. The van der Waals surface area contributed by atoms with Gasteiger partial charge in [0.2, 0.25) is 11.8 Å². The maximum Gasteiger partial charge on any atom is 0.226 e. The van der Waals surface area contributed by atoms with E-state index in [0.717, 1.165) is 24.2 Å². The second kappa shape index (κ2) is 9.65. The van der Waals surface area contributed by atoms with Crippen molar-refractivity contribution >= 4 is 5.91 Å². The third-order valence-corrected chi connectivity index (χ3v) is 5.13. The SMILES string of the molecule is O=C(Cc1coc(-c2ccccc2)n1)NCC(c1cccc(F)c1)N1CCOCC1. The smallest absolute Gasteiger partial charge is 0.226 e. The molecule has 1 aliphatic rings. The van der Waals surface area contributed by atoms with Crippen molar-refractivity contribution in [3.8, 4) is 11.5 Å². The number of nitrogens with one attached hydrogen (secondary N) is 1. The number of morpholine rings is 1. The minimum absolute atomic E-state index is 0.120. The van der Waals surface area contributed by atoms with Crippen LogP contribution < -0.4 is 5.32 Å². The van der Waals surface area contributed by atoms with Crippen LogP contribution >= 0.6 is 0 Å². The van der Waals surface area contributed by atoms with Crippen molar-refractivity contribution in [2.45, 2.75) is 12.5 Å². The van der Waals surface area contributed by atoms with Gasteiger partial charge in [0, 0.05) is 25.2 Å². The first-order valence-electron chi connectivity index (χ1n) is 10.0. The fraction of sp³-hybridized carbons (Fsp3) is 0.304. The molecule has 156 valence electrons. The Morgan fingerprint density at radius 3 is 2.70 bits per heavy atom. The zero-order valence-corrected chi connectivity index (χ0v) is 16.6. The fourth-order valence-electron chi connectivity index (χ4n) is 3.60. The van der Waals surface area contributed by atoms with Gasteiger partial charge < -0.3 is 14.5 Å². The lowest BCUT2D eigenvalue weighted by Gasteiger charge is -2.35. The third kappa shape index (κ3) is 5.11. The van der Waals surface area contributed by atoms with E-state index >= 15 is 0 Å². The lowest BCUT2D eigenvalue weighted by Crippen LogP contribution is -2.44. The number of amides is 1. The van der Waals surface area contributed by atoms with E-state index in [4.69, 9.17) is 9.15 Å². The molecule has 1 amide bonds. The van der Waals surface area contributed by atoms with Gasteiger partial charge in [0.25, 0.3) is 0 Å². The lowest BCUT2D eigenvalue weighted by atomic mass is 10.0. The highest BCUT2D eigenvalue weighted by Crippen LogP contribution is 2.22. The molecule has 0 radical (unpaired) electrons. The molecule has 0 saturated carbocycles. The van der Waals surface area contributed by atoms with Crippen LogP contribution in [0.15, 0.2) is 65.3 Å². The highest BCUT2D eigenvalue weighted by atomic mass is 19.1. The number of halogens is 1. The summed E-state index contributed by atoms with van der Waals surface area (Å²) in [5.74, 6) is 0.0510. The Morgan fingerprint density at radius 2 is 1.93 bits per heavy atom. The highest BCUT2D eigenvalue weighted by molar-refractivity contribution is 5.78. The van der Waals surface area contributed by atoms with Gasteiger partial charge in [-0.25, -0.2) is 9.37 Å². The molecule has 2 aromatic carbocycles. The molecule has 6 nitrogen and oxygen atoms in total. The van der Waals surface area contributed by atoms with Gasteiger partial charge in [-0.3, -0.25) is 9.69 Å². The van der Waals surface area contributed by atoms with Crippen LogP contribution in [-0.4, -0.2) is 48.6 Å². The molecule has 7 heteroatoms. The summed E-state index contributed by atoms with van der Waals surface area (Å²) in [4.78, 5) is 19.1. The van der Waals surface area contributed by atoms with Crippen LogP contribution in [0.5, 0.6) is 0 Å². The molecule has 0 spiro atoms. The quantitative estimate of drug-likeness (QED) is 0.649. The first kappa shape index (κ1) is 20.3. The van der Waals surface area contributed by atoms with Gasteiger partial charge >= 0.3 is 0 Å². The molecule has 1 unspecified atom stereocenters. The molecule has 3 aromatic rings. The van der Waals surface area contributed by atoms with Gasteiger partial charge in [0.05, 0.1) is 31.4 Å². The average Bonchev–Trinajstić information content (AvgIpc) is 3.24. The van der Waals surface area contributed by atoms with Crippen LogP contribution in [0.4, 0.5) is 4.39 Å². The molecule has 1 aromatic heterocycles. The van der Waals surface area contributed by atoms with Crippen LogP contribution in [0, 0.1) is 5.82 Å². The van der Waals surface area contributed by atoms with Crippen molar-refractivity contribution in [3.05, 3.63) is 77.9 Å². The average molecular weight is 409 g/mol. The Kier molecular flexibility index (Phi) is 6.51. The summed E-state index contributed by atoms with van der Waals surface area (Å²) in [6, 6.07) is 16.0. The number of hydrogen-bond donors (Lipinski definition) is 1. The molecule has 1 fully saturated rings. The van der Waals surface area contributed by atoms with Crippen molar-refractivity contribution in [3.63, 3.8) is 0 Å². The summed E-state index contributed by atoms with van der Waals surface area (Å²) < 4.78 is 24.7. The Bertz CT molecular complexity index is 971. The summed E-state index contributed by atoms with van der Waals surface area (Å²) >= 11 is 0. The molecule has 2 heterocycles. The van der Waals surface area contributed by atoms with Crippen LogP contribution in [0.3, 0.4) is 0 Å². The molecule has 0 bridgehead atoms. The zero-order valence-electron chi connectivity index (χ0n) is 16.6. The second-order valence-electron chi connectivity index (χ2n) is 7.21. The minimum Gasteiger partial charge on any atom is -0.444 e. The van der Waals surface area contributed by atoms with E-state index in [1.807, 2.05) is 36.4 Å². The monoisotopic (exact) mass is 409 g/mol. The predicted octanol–water partition coefficient (Wildman–Crippen LogP) is 3.21. The van der Waals surface area contributed by atoms with E-state index in [0.29, 0.717) is 31.3 Å². The normalized spacial score (nSPS) is 15.6. The summed E-state index contributed by atoms with van der Waals surface area (Å²) in [5, 5.41) is 2.97. The molecule has 1 saturated heterocycles. The number of aromatic nitrogens is 1. The number of rotatable bonds is 7. The van der Waals surface area contributed by atoms with Crippen LogP contribution in [-0.2, 0) is 16.0 Å². The minimum atomic E-state index is -0.284. The van der Waals surface area contributed by atoms with E-state index < -0.39 is 0 Å². The van der Waals surface area contributed by atoms with Gasteiger partial charge in [-0.1, -0.05) is 30.3 Å². The number of ether oxygens (including phenoxy) is 1. The highest BCUT2D eigenvalue weighted by Gasteiger charge is 2.23. The van der Waals surface area contributed by atoms with Gasteiger partial charge in [-0.15, -0.1) is 0 Å². The summed E-state index contributed by atoms with van der Waals surface area (Å²) in [6.07, 6.45) is 1.63. The summed E-state index contributed by atoms with van der Waals surface area (Å²) in [7, 11) is 0. The van der Waals surface area contributed by atoms with E-state index in [1.165, 1.54) is 18.4 Å². The van der Waals surface area contributed by atoms with Crippen molar-refractivity contribution in [1.82, 2.24) is 15.2 Å². The first-order chi connectivity index (χ1) is 14.7. The van der Waals surface area contributed by atoms with E-state index in [2.05, 4.69) is 15.2 Å². The largest absolute Gasteiger partial charge is 0.444 e. The molecule has 4 rings (SSSR count). The van der Waals surface area contributed by atoms with Crippen LogP contribution in [0.1, 0.15) is 17.3 Å². The number of oxazole rings is 1. The van der Waals surface area contributed by atoms with E-state index in [9.17, 15) is 9.18 Å². The Labute approximate surface area is 174 Å². The summed E-state index contributed by atoms with van der Waals surface area (Å²) in [5.41, 5.74) is 2.27. The zero-order chi connectivity index (χ0) is 20.8. The number of carbonyl (C=O) groups is 1. The number of nitrogens with zero attached hydrogens (tertiary/aromatic N) is 2. The van der Waals surface area contributed by atoms with Crippen molar-refractivity contribution in [1.29, 1.82) is 0 Å². The topological polar surface area (TPSA) is 67.6 Å². The Morgan fingerprint density at radius 1 is 1.13 bits per heavy atom. The van der Waals surface area contributed by atoms with E-state index in [1.54, 1.807) is 6.07 Å². The van der Waals surface area contributed by atoms with Crippen molar-refractivity contribution in [2.24, 2.45) is 0 Å². The van der Waals surface area contributed by atoms with Gasteiger partial charge in [0.1, 0.15) is 12.1 Å². The Hall–Kier alpha value is -3.03. The number of hydrogen-bond acceptors (Lipinski definition) is 5. The molecular weight excluding hydrogens is 385 g/mol. The Balaban J connectivity index is 1.39. The third-order valence-electron chi connectivity index (χ3n) is 5.13. The van der Waals surface area contributed by atoms with E-state index in [-0.39, 0.29) is 24.2 Å². The molecule has 30 heavy (non-hydrogen) atoms. The maximum atomic E-state index is 13.8. The molecule has 1 N–H and O–H groups in total. The van der Waals surface area contributed by atoms with Crippen LogP contribution in [0.25, 0.3) is 11.5 Å². The number of carbonyl (C=O) groups excluding carboxylic acids is 1. The predicted molar refractivity (Wildman–Crippen MR) is 110 cm³/mol. The maximum absolute atomic E-state index is 13.8. The summed E-state index contributed by atoms with van der Waals surface area (Å²) in [6.45, 7) is 3.11. The molecule has 1 aliphatic heterocycles.